The Morgan fingerprint density at radius 1 is 1.22 bits per heavy atom. The van der Waals surface area contributed by atoms with Gasteiger partial charge in [0.25, 0.3) is 0 Å². The molecule has 3 aliphatic carbocycles. The first-order chi connectivity index (χ1) is 8.74. The van der Waals surface area contributed by atoms with Gasteiger partial charge in [0, 0.05) is 4.83 Å². The second kappa shape index (κ2) is 4.10. The van der Waals surface area contributed by atoms with Crippen LogP contribution in [-0.2, 0) is 6.42 Å². The molecule has 0 heterocycles. The molecule has 1 heteroatoms. The summed E-state index contributed by atoms with van der Waals surface area (Å²) in [6.07, 6.45) is 5.85. The number of fused-ring (bicyclic) bond motifs is 5. The van der Waals surface area contributed by atoms with E-state index in [4.69, 9.17) is 0 Å². The zero-order chi connectivity index (χ0) is 12.3. The summed E-state index contributed by atoms with van der Waals surface area (Å²) in [6, 6.07) is 9.02. The van der Waals surface area contributed by atoms with Crippen LogP contribution in [0, 0.1) is 36.5 Å². The van der Waals surface area contributed by atoms with Gasteiger partial charge in [-0.15, -0.1) is 0 Å². The molecule has 3 aliphatic rings. The number of halogens is 1. The maximum atomic E-state index is 4.00. The van der Waals surface area contributed by atoms with E-state index in [9.17, 15) is 0 Å². The summed E-state index contributed by atoms with van der Waals surface area (Å²) in [5, 5.41) is 0. The van der Waals surface area contributed by atoms with Gasteiger partial charge in [-0.3, -0.25) is 0 Å². The van der Waals surface area contributed by atoms with Gasteiger partial charge < -0.3 is 0 Å². The van der Waals surface area contributed by atoms with Gasteiger partial charge in [0.05, 0.1) is 0 Å². The number of alkyl halides is 1. The van der Waals surface area contributed by atoms with Crippen molar-refractivity contribution in [1.29, 1.82) is 0 Å². The van der Waals surface area contributed by atoms with E-state index in [1.54, 1.807) is 6.42 Å². The molecule has 5 atom stereocenters. The Morgan fingerprint density at radius 3 is 2.61 bits per heavy atom. The maximum Gasteiger partial charge on any atom is 0.0220 e. The van der Waals surface area contributed by atoms with Gasteiger partial charge in [-0.1, -0.05) is 45.8 Å². The zero-order valence-electron chi connectivity index (χ0n) is 11.0. The predicted octanol–water partition coefficient (Wildman–Crippen LogP) is 4.59. The van der Waals surface area contributed by atoms with Crippen LogP contribution in [0.5, 0.6) is 0 Å². The number of hydrogen-bond acceptors (Lipinski definition) is 0. The quantitative estimate of drug-likeness (QED) is 0.716. The third kappa shape index (κ3) is 1.70. The summed E-state index contributed by atoms with van der Waals surface area (Å²) in [4.78, 5) is 0.720. The van der Waals surface area contributed by atoms with E-state index in [0.29, 0.717) is 0 Å². The lowest BCUT2D eigenvalue weighted by Crippen LogP contribution is -2.12. The van der Waals surface area contributed by atoms with Gasteiger partial charge >= 0.3 is 0 Å². The van der Waals surface area contributed by atoms with Crippen molar-refractivity contribution in [2.24, 2.45) is 29.6 Å². The largest absolute Gasteiger partial charge is 0.0884 e. The molecule has 5 unspecified atom stereocenters. The molecule has 3 saturated carbocycles. The van der Waals surface area contributed by atoms with E-state index in [2.05, 4.69) is 47.1 Å². The minimum atomic E-state index is 0.720. The lowest BCUT2D eigenvalue weighted by Gasteiger charge is -2.15. The van der Waals surface area contributed by atoms with Crippen molar-refractivity contribution in [3.63, 3.8) is 0 Å². The maximum absolute atomic E-state index is 4.00. The first-order valence-corrected chi connectivity index (χ1v) is 8.35. The molecule has 0 spiro atoms. The third-order valence-corrected chi connectivity index (χ3v) is 6.66. The van der Waals surface area contributed by atoms with Gasteiger partial charge in [0.15, 0.2) is 0 Å². The topological polar surface area (TPSA) is 0 Å². The molecule has 4 rings (SSSR count). The van der Waals surface area contributed by atoms with E-state index < -0.39 is 0 Å². The van der Waals surface area contributed by atoms with E-state index >= 15 is 0 Å². The summed E-state index contributed by atoms with van der Waals surface area (Å²) in [7, 11) is 0. The Bertz CT molecular complexity index is 450. The molecule has 2 bridgehead atoms. The van der Waals surface area contributed by atoms with Gasteiger partial charge in [-0.2, -0.15) is 0 Å². The number of aryl methyl sites for hydroxylation is 1. The fourth-order valence-corrected chi connectivity index (χ4v) is 6.16. The molecule has 0 aromatic heterocycles. The van der Waals surface area contributed by atoms with Gasteiger partial charge in [0.1, 0.15) is 0 Å². The van der Waals surface area contributed by atoms with Crippen molar-refractivity contribution in [3.05, 3.63) is 35.4 Å². The molecule has 3 fully saturated rings. The summed E-state index contributed by atoms with van der Waals surface area (Å²) in [5.41, 5.74) is 2.90. The van der Waals surface area contributed by atoms with Crippen LogP contribution in [-0.4, -0.2) is 4.83 Å². The Morgan fingerprint density at radius 2 is 1.94 bits per heavy atom. The highest BCUT2D eigenvalue weighted by atomic mass is 79.9. The molecule has 0 nitrogen and oxygen atoms in total. The lowest BCUT2D eigenvalue weighted by molar-refractivity contribution is 0.455. The number of hydrogen-bond donors (Lipinski definition) is 0. The number of rotatable bonds is 3. The molecule has 96 valence electrons. The van der Waals surface area contributed by atoms with Gasteiger partial charge in [-0.05, 0) is 67.8 Å². The van der Waals surface area contributed by atoms with Crippen molar-refractivity contribution in [3.8, 4) is 0 Å². The van der Waals surface area contributed by atoms with Crippen molar-refractivity contribution >= 4 is 15.9 Å². The fraction of sp³-hybridized carbons (Fsp3) is 0.647. The highest BCUT2D eigenvalue weighted by Gasteiger charge is 2.66. The highest BCUT2D eigenvalue weighted by molar-refractivity contribution is 9.09. The first-order valence-electron chi connectivity index (χ1n) is 7.43. The Hall–Kier alpha value is -0.300. The molecule has 0 amide bonds. The average Bonchev–Trinajstić information content (AvgIpc) is 2.79. The van der Waals surface area contributed by atoms with E-state index in [1.807, 2.05) is 0 Å². The smallest absolute Gasteiger partial charge is 0.0220 e. The Balaban J connectivity index is 1.45. The molecule has 1 aromatic rings. The SMILES string of the molecule is Cc1cccc(CC(Br)C2C3C4CCC(C4)C23)c1. The Kier molecular flexibility index (Phi) is 2.62. The molecule has 1 aromatic carbocycles. The van der Waals surface area contributed by atoms with Crippen LogP contribution < -0.4 is 0 Å². The third-order valence-electron chi connectivity index (χ3n) is 5.73. The number of benzene rings is 1. The summed E-state index contributed by atoms with van der Waals surface area (Å²) < 4.78 is 0. The van der Waals surface area contributed by atoms with E-state index in [1.165, 1.54) is 30.4 Å². The predicted molar refractivity (Wildman–Crippen MR) is 78.9 cm³/mol. The van der Waals surface area contributed by atoms with Crippen molar-refractivity contribution in [1.82, 2.24) is 0 Å². The van der Waals surface area contributed by atoms with Gasteiger partial charge in [0.2, 0.25) is 0 Å². The second-order valence-corrected chi connectivity index (χ2v) is 7.95. The minimum absolute atomic E-state index is 0.720. The molecule has 0 aliphatic heterocycles. The molecular weight excluding hydrogens is 284 g/mol. The van der Waals surface area contributed by atoms with Crippen molar-refractivity contribution in [2.45, 2.75) is 37.4 Å². The van der Waals surface area contributed by atoms with Crippen LogP contribution in [0.15, 0.2) is 24.3 Å². The zero-order valence-corrected chi connectivity index (χ0v) is 12.6. The summed E-state index contributed by atoms with van der Waals surface area (Å²) in [5.74, 6) is 5.39. The fourth-order valence-electron chi connectivity index (χ4n) is 5.08. The van der Waals surface area contributed by atoms with Crippen LogP contribution in [0.2, 0.25) is 0 Å². The van der Waals surface area contributed by atoms with Crippen LogP contribution in [0.1, 0.15) is 30.4 Å². The van der Waals surface area contributed by atoms with Crippen LogP contribution in [0.25, 0.3) is 0 Å². The van der Waals surface area contributed by atoms with Crippen LogP contribution >= 0.6 is 15.9 Å². The normalized spacial score (nSPS) is 41.8. The van der Waals surface area contributed by atoms with E-state index in [-0.39, 0.29) is 0 Å². The van der Waals surface area contributed by atoms with Crippen molar-refractivity contribution < 1.29 is 0 Å². The minimum Gasteiger partial charge on any atom is -0.0884 e. The molecule has 0 saturated heterocycles. The first kappa shape index (κ1) is 11.5. The average molecular weight is 305 g/mol. The summed E-state index contributed by atoms with van der Waals surface area (Å²) in [6.45, 7) is 2.19. The molecule has 0 N–H and O–H groups in total. The molecule has 0 radical (unpaired) electrons. The molecule has 18 heavy (non-hydrogen) atoms. The second-order valence-electron chi connectivity index (χ2n) is 6.77. The standard InChI is InChI=1S/C17H21Br/c1-10-3-2-4-11(7-10)8-14(18)17-15-12-5-6-13(9-12)16(15)17/h2-4,7,12-17H,5-6,8-9H2,1H3. The highest BCUT2D eigenvalue weighted by Crippen LogP contribution is 2.71. The van der Waals surface area contributed by atoms with Gasteiger partial charge in [-0.25, -0.2) is 0 Å². The van der Waals surface area contributed by atoms with E-state index in [0.717, 1.165) is 34.4 Å². The van der Waals surface area contributed by atoms with Crippen LogP contribution in [0.4, 0.5) is 0 Å². The Labute approximate surface area is 118 Å². The lowest BCUT2D eigenvalue weighted by atomic mass is 9.97. The van der Waals surface area contributed by atoms with Crippen molar-refractivity contribution in [2.75, 3.05) is 0 Å². The monoisotopic (exact) mass is 304 g/mol. The van der Waals surface area contributed by atoms with Crippen LogP contribution in [0.3, 0.4) is 0 Å². The molecular formula is C17H21Br. The summed E-state index contributed by atoms with van der Waals surface area (Å²) >= 11 is 4.00.